The SMILES string of the molecule is COC(C(NN)c1cccc2cccnc12)C(C)(C)C. The van der Waals surface area contributed by atoms with E-state index in [1.807, 2.05) is 12.1 Å². The van der Waals surface area contributed by atoms with Crippen LogP contribution in [-0.2, 0) is 4.74 Å². The number of aromatic nitrogens is 1. The van der Waals surface area contributed by atoms with Crippen LogP contribution in [0.3, 0.4) is 0 Å². The second-order valence-corrected chi connectivity index (χ2v) is 6.09. The summed E-state index contributed by atoms with van der Waals surface area (Å²) in [7, 11) is 1.72. The van der Waals surface area contributed by atoms with Crippen molar-refractivity contribution in [3.8, 4) is 0 Å². The van der Waals surface area contributed by atoms with E-state index in [-0.39, 0.29) is 17.6 Å². The summed E-state index contributed by atoms with van der Waals surface area (Å²) in [4.78, 5) is 4.50. The summed E-state index contributed by atoms with van der Waals surface area (Å²) < 4.78 is 5.70. The third-order valence-corrected chi connectivity index (χ3v) is 3.59. The van der Waals surface area contributed by atoms with Gasteiger partial charge in [0.1, 0.15) is 0 Å². The minimum Gasteiger partial charge on any atom is -0.379 e. The van der Waals surface area contributed by atoms with Gasteiger partial charge in [-0.2, -0.15) is 0 Å². The van der Waals surface area contributed by atoms with Crippen LogP contribution in [0.25, 0.3) is 10.9 Å². The van der Waals surface area contributed by atoms with Crippen LogP contribution in [0.15, 0.2) is 36.5 Å². The van der Waals surface area contributed by atoms with Crippen molar-refractivity contribution in [2.45, 2.75) is 32.9 Å². The van der Waals surface area contributed by atoms with E-state index in [1.165, 1.54) is 0 Å². The molecule has 2 rings (SSSR count). The fourth-order valence-corrected chi connectivity index (χ4v) is 2.71. The maximum absolute atomic E-state index is 5.81. The van der Waals surface area contributed by atoms with Gasteiger partial charge in [-0.3, -0.25) is 16.3 Å². The number of fused-ring (bicyclic) bond motifs is 1. The number of nitrogens with zero attached hydrogens (tertiary/aromatic N) is 1. The molecule has 108 valence electrons. The van der Waals surface area contributed by atoms with E-state index in [2.05, 4.69) is 49.4 Å². The number of nitrogens with two attached hydrogens (primary N) is 1. The Balaban J connectivity index is 2.54. The van der Waals surface area contributed by atoms with Gasteiger partial charge in [0.25, 0.3) is 0 Å². The maximum Gasteiger partial charge on any atom is 0.0827 e. The molecule has 2 aromatic rings. The Kier molecular flexibility index (Phi) is 4.38. The van der Waals surface area contributed by atoms with Crippen molar-refractivity contribution in [3.05, 3.63) is 42.1 Å². The number of nitrogens with one attached hydrogen (secondary N) is 1. The monoisotopic (exact) mass is 273 g/mol. The molecule has 0 aliphatic rings. The van der Waals surface area contributed by atoms with Gasteiger partial charge in [-0.15, -0.1) is 0 Å². The Hall–Kier alpha value is -1.49. The number of methoxy groups -OCH3 is 1. The fourth-order valence-electron chi connectivity index (χ4n) is 2.71. The van der Waals surface area contributed by atoms with Gasteiger partial charge in [0, 0.05) is 18.7 Å². The van der Waals surface area contributed by atoms with Crippen LogP contribution in [0.4, 0.5) is 0 Å². The molecule has 2 unspecified atom stereocenters. The van der Waals surface area contributed by atoms with E-state index in [0.29, 0.717) is 0 Å². The predicted octanol–water partition coefficient (Wildman–Crippen LogP) is 2.80. The minimum atomic E-state index is -0.112. The highest BCUT2D eigenvalue weighted by Crippen LogP contribution is 2.34. The standard InChI is InChI=1S/C16H23N3O/c1-16(2,3)15(20-4)14(19-17)12-9-5-7-11-8-6-10-18-13(11)12/h5-10,14-15,19H,17H2,1-4H3. The molecule has 20 heavy (non-hydrogen) atoms. The molecule has 0 saturated heterocycles. The normalized spacial score (nSPS) is 15.2. The second kappa shape index (κ2) is 5.87. The molecule has 0 spiro atoms. The van der Waals surface area contributed by atoms with Gasteiger partial charge in [-0.25, -0.2) is 0 Å². The lowest BCUT2D eigenvalue weighted by molar-refractivity contribution is -0.0117. The van der Waals surface area contributed by atoms with Crippen molar-refractivity contribution < 1.29 is 4.74 Å². The van der Waals surface area contributed by atoms with E-state index in [9.17, 15) is 0 Å². The van der Waals surface area contributed by atoms with Gasteiger partial charge in [-0.1, -0.05) is 45.0 Å². The van der Waals surface area contributed by atoms with Crippen molar-refractivity contribution in [1.29, 1.82) is 0 Å². The molecule has 0 radical (unpaired) electrons. The van der Waals surface area contributed by atoms with Crippen LogP contribution in [0.2, 0.25) is 0 Å². The molecule has 0 amide bonds. The van der Waals surface area contributed by atoms with E-state index in [0.717, 1.165) is 16.5 Å². The van der Waals surface area contributed by atoms with E-state index >= 15 is 0 Å². The number of hydrogen-bond acceptors (Lipinski definition) is 4. The van der Waals surface area contributed by atoms with Gasteiger partial charge in [0.15, 0.2) is 0 Å². The summed E-state index contributed by atoms with van der Waals surface area (Å²) in [6.07, 6.45) is 1.75. The van der Waals surface area contributed by atoms with Crippen LogP contribution >= 0.6 is 0 Å². The second-order valence-electron chi connectivity index (χ2n) is 6.09. The first-order chi connectivity index (χ1) is 9.49. The molecule has 0 fully saturated rings. The van der Waals surface area contributed by atoms with Gasteiger partial charge >= 0.3 is 0 Å². The van der Waals surface area contributed by atoms with Crippen molar-refractivity contribution >= 4 is 10.9 Å². The Bertz CT molecular complexity index is 572. The topological polar surface area (TPSA) is 60.2 Å². The molecule has 1 heterocycles. The van der Waals surface area contributed by atoms with Crippen LogP contribution in [0.1, 0.15) is 32.4 Å². The third-order valence-electron chi connectivity index (χ3n) is 3.59. The van der Waals surface area contributed by atoms with Gasteiger partial charge in [0.05, 0.1) is 17.7 Å². The summed E-state index contributed by atoms with van der Waals surface area (Å²) >= 11 is 0. The molecule has 0 bridgehead atoms. The first-order valence-corrected chi connectivity index (χ1v) is 6.81. The molecule has 4 heteroatoms. The average Bonchev–Trinajstić information content (AvgIpc) is 2.42. The number of hydrazine groups is 1. The van der Waals surface area contributed by atoms with Crippen molar-refractivity contribution in [3.63, 3.8) is 0 Å². The number of pyridine rings is 1. The highest BCUT2D eigenvalue weighted by Gasteiger charge is 2.33. The summed E-state index contributed by atoms with van der Waals surface area (Å²) in [5.74, 6) is 5.81. The maximum atomic E-state index is 5.81. The van der Waals surface area contributed by atoms with Crippen LogP contribution in [-0.4, -0.2) is 18.2 Å². The van der Waals surface area contributed by atoms with E-state index in [1.54, 1.807) is 13.3 Å². The van der Waals surface area contributed by atoms with Gasteiger partial charge in [-0.05, 0) is 17.0 Å². The molecule has 3 N–H and O–H groups in total. The van der Waals surface area contributed by atoms with Crippen molar-refractivity contribution in [2.24, 2.45) is 11.3 Å². The van der Waals surface area contributed by atoms with Crippen molar-refractivity contribution in [2.75, 3.05) is 7.11 Å². The highest BCUT2D eigenvalue weighted by molar-refractivity contribution is 5.82. The van der Waals surface area contributed by atoms with Crippen molar-refractivity contribution in [1.82, 2.24) is 10.4 Å². The van der Waals surface area contributed by atoms with Crippen LogP contribution < -0.4 is 11.3 Å². The zero-order chi connectivity index (χ0) is 14.8. The molecule has 0 aliphatic carbocycles. The molecule has 4 nitrogen and oxygen atoms in total. The lowest BCUT2D eigenvalue weighted by Crippen LogP contribution is -2.44. The van der Waals surface area contributed by atoms with Gasteiger partial charge in [0.2, 0.25) is 0 Å². The molecule has 1 aromatic carbocycles. The molecule has 0 aliphatic heterocycles. The van der Waals surface area contributed by atoms with Gasteiger partial charge < -0.3 is 4.74 Å². The quantitative estimate of drug-likeness (QED) is 0.664. The van der Waals surface area contributed by atoms with Crippen LogP contribution in [0.5, 0.6) is 0 Å². The number of para-hydroxylation sites is 1. The highest BCUT2D eigenvalue weighted by atomic mass is 16.5. The zero-order valence-corrected chi connectivity index (χ0v) is 12.6. The number of benzene rings is 1. The smallest absolute Gasteiger partial charge is 0.0827 e. The summed E-state index contributed by atoms with van der Waals surface area (Å²) in [6, 6.07) is 10.0. The Morgan fingerprint density at radius 3 is 2.50 bits per heavy atom. The fraction of sp³-hybridized carbons (Fsp3) is 0.438. The first-order valence-electron chi connectivity index (χ1n) is 6.81. The number of rotatable bonds is 4. The Morgan fingerprint density at radius 1 is 1.20 bits per heavy atom. The first kappa shape index (κ1) is 14.9. The number of hydrogen-bond donors (Lipinski definition) is 2. The zero-order valence-electron chi connectivity index (χ0n) is 12.6. The number of ether oxygens (including phenoxy) is 1. The average molecular weight is 273 g/mol. The molecular weight excluding hydrogens is 250 g/mol. The molecule has 2 atom stereocenters. The largest absolute Gasteiger partial charge is 0.379 e. The lowest BCUT2D eigenvalue weighted by Gasteiger charge is -2.36. The summed E-state index contributed by atoms with van der Waals surface area (Å²) in [6.45, 7) is 6.43. The molecule has 1 aromatic heterocycles. The summed E-state index contributed by atoms with van der Waals surface area (Å²) in [5, 5.41) is 1.11. The van der Waals surface area contributed by atoms with E-state index < -0.39 is 0 Å². The third kappa shape index (κ3) is 2.82. The van der Waals surface area contributed by atoms with E-state index in [4.69, 9.17) is 10.6 Å². The summed E-state index contributed by atoms with van der Waals surface area (Å²) in [5.41, 5.74) is 4.89. The molecule has 0 saturated carbocycles. The lowest BCUT2D eigenvalue weighted by atomic mass is 9.81. The predicted molar refractivity (Wildman–Crippen MR) is 82.1 cm³/mol. The van der Waals surface area contributed by atoms with Crippen LogP contribution in [0, 0.1) is 5.41 Å². The Labute approximate surface area is 120 Å². The minimum absolute atomic E-state index is 0.0390. The molecular formula is C16H23N3O. The Morgan fingerprint density at radius 2 is 1.90 bits per heavy atom.